The average molecular weight is 254 g/mol. The Hall–Kier alpha value is -2.24. The van der Waals surface area contributed by atoms with Gasteiger partial charge in [0, 0.05) is 6.07 Å². The van der Waals surface area contributed by atoms with E-state index >= 15 is 0 Å². The molecule has 0 atom stereocenters. The molecule has 0 heterocycles. The van der Waals surface area contributed by atoms with E-state index in [2.05, 4.69) is 4.74 Å². The Morgan fingerprint density at radius 2 is 1.83 bits per heavy atom. The van der Waals surface area contributed by atoms with E-state index < -0.39 is 17.7 Å². The van der Waals surface area contributed by atoms with Crippen molar-refractivity contribution in [3.63, 3.8) is 0 Å². The Morgan fingerprint density at radius 3 is 2.28 bits per heavy atom. The first kappa shape index (κ1) is 13.8. The summed E-state index contributed by atoms with van der Waals surface area (Å²) in [6, 6.07) is 0.961. The van der Waals surface area contributed by atoms with E-state index in [-0.39, 0.29) is 23.3 Å². The SMILES string of the molecule is CCc1c(O)cc(O)c(C(=O)O)c1CC(=O)OC. The maximum absolute atomic E-state index is 11.3. The fourth-order valence-electron chi connectivity index (χ4n) is 1.79. The van der Waals surface area contributed by atoms with Crippen LogP contribution in [0.5, 0.6) is 11.5 Å². The Kier molecular flexibility index (Phi) is 4.14. The number of phenolic OH excluding ortho intramolecular Hbond substituents is 1. The molecule has 0 aliphatic heterocycles. The fourth-order valence-corrected chi connectivity index (χ4v) is 1.79. The predicted molar refractivity (Wildman–Crippen MR) is 61.8 cm³/mol. The second kappa shape index (κ2) is 5.39. The summed E-state index contributed by atoms with van der Waals surface area (Å²) in [7, 11) is 1.18. The normalized spacial score (nSPS) is 10.1. The van der Waals surface area contributed by atoms with E-state index in [4.69, 9.17) is 5.11 Å². The largest absolute Gasteiger partial charge is 0.508 e. The summed E-state index contributed by atoms with van der Waals surface area (Å²) in [5.41, 5.74) is 0.0139. The highest BCUT2D eigenvalue weighted by Crippen LogP contribution is 2.33. The maximum Gasteiger partial charge on any atom is 0.339 e. The summed E-state index contributed by atoms with van der Waals surface area (Å²) in [5.74, 6) is -2.81. The first-order chi connectivity index (χ1) is 8.42. The average Bonchev–Trinajstić information content (AvgIpc) is 2.28. The summed E-state index contributed by atoms with van der Waals surface area (Å²) >= 11 is 0. The van der Waals surface area contributed by atoms with Gasteiger partial charge in [0.15, 0.2) is 0 Å². The number of carbonyl (C=O) groups is 2. The van der Waals surface area contributed by atoms with Crippen LogP contribution in [0.25, 0.3) is 0 Å². The highest BCUT2D eigenvalue weighted by molar-refractivity contribution is 5.95. The van der Waals surface area contributed by atoms with E-state index in [1.165, 1.54) is 7.11 Å². The molecule has 0 spiro atoms. The van der Waals surface area contributed by atoms with Crippen LogP contribution in [0.3, 0.4) is 0 Å². The van der Waals surface area contributed by atoms with E-state index in [1.54, 1.807) is 6.92 Å². The minimum Gasteiger partial charge on any atom is -0.508 e. The molecule has 0 aliphatic carbocycles. The van der Waals surface area contributed by atoms with Crippen LogP contribution in [-0.2, 0) is 22.4 Å². The molecule has 0 aromatic heterocycles. The van der Waals surface area contributed by atoms with Crippen molar-refractivity contribution in [3.8, 4) is 11.5 Å². The predicted octanol–water partition coefficient (Wildman–Crippen LogP) is 1.07. The number of carboxylic acids is 1. The molecule has 0 bridgehead atoms. The lowest BCUT2D eigenvalue weighted by atomic mass is 9.94. The van der Waals surface area contributed by atoms with Crippen LogP contribution < -0.4 is 0 Å². The standard InChI is InChI=1S/C12H14O6/c1-3-6-7(4-10(15)18-2)11(12(16)17)9(14)5-8(6)13/h5,13-14H,3-4H2,1-2H3,(H,16,17). The number of aromatic hydroxyl groups is 2. The molecule has 3 N–H and O–H groups in total. The number of hydrogen-bond acceptors (Lipinski definition) is 5. The molecule has 0 aliphatic rings. The third kappa shape index (κ3) is 2.53. The molecule has 0 radical (unpaired) electrons. The summed E-state index contributed by atoms with van der Waals surface area (Å²) in [6.07, 6.45) is 0.0159. The molecular weight excluding hydrogens is 240 g/mol. The minimum absolute atomic E-state index is 0.0781. The van der Waals surface area contributed by atoms with Crippen molar-refractivity contribution in [3.05, 3.63) is 22.8 Å². The second-order valence-corrected chi connectivity index (χ2v) is 3.66. The van der Waals surface area contributed by atoms with Crippen molar-refractivity contribution in [1.82, 2.24) is 0 Å². The van der Waals surface area contributed by atoms with Gasteiger partial charge in [-0.25, -0.2) is 4.79 Å². The van der Waals surface area contributed by atoms with Gasteiger partial charge >= 0.3 is 11.9 Å². The molecule has 0 saturated heterocycles. The number of carbonyl (C=O) groups excluding carboxylic acids is 1. The molecular formula is C12H14O6. The van der Waals surface area contributed by atoms with Crippen LogP contribution in [0.2, 0.25) is 0 Å². The molecule has 6 heteroatoms. The van der Waals surface area contributed by atoms with Gasteiger partial charge in [0.2, 0.25) is 0 Å². The molecule has 18 heavy (non-hydrogen) atoms. The molecule has 0 unspecified atom stereocenters. The monoisotopic (exact) mass is 254 g/mol. The van der Waals surface area contributed by atoms with Gasteiger partial charge in [-0.1, -0.05) is 6.92 Å². The molecule has 0 amide bonds. The molecule has 0 saturated carbocycles. The Morgan fingerprint density at radius 1 is 1.22 bits per heavy atom. The summed E-state index contributed by atoms with van der Waals surface area (Å²) in [5, 5.41) is 28.3. The highest BCUT2D eigenvalue weighted by Gasteiger charge is 2.23. The summed E-state index contributed by atoms with van der Waals surface area (Å²) < 4.78 is 4.47. The van der Waals surface area contributed by atoms with Crippen molar-refractivity contribution in [2.24, 2.45) is 0 Å². The Bertz CT molecular complexity index is 492. The smallest absolute Gasteiger partial charge is 0.339 e. The lowest BCUT2D eigenvalue weighted by Crippen LogP contribution is -2.13. The lowest BCUT2D eigenvalue weighted by molar-refractivity contribution is -0.139. The first-order valence-corrected chi connectivity index (χ1v) is 5.29. The molecule has 98 valence electrons. The maximum atomic E-state index is 11.3. The number of phenols is 2. The van der Waals surface area contributed by atoms with Crippen LogP contribution in [0.4, 0.5) is 0 Å². The van der Waals surface area contributed by atoms with Crippen molar-refractivity contribution < 1.29 is 29.6 Å². The Labute approximate surface area is 103 Å². The van der Waals surface area contributed by atoms with Gasteiger partial charge in [0.1, 0.15) is 17.1 Å². The topological polar surface area (TPSA) is 104 Å². The highest BCUT2D eigenvalue weighted by atomic mass is 16.5. The molecule has 1 rings (SSSR count). The molecule has 6 nitrogen and oxygen atoms in total. The van der Waals surface area contributed by atoms with Gasteiger partial charge < -0.3 is 20.1 Å². The number of methoxy groups -OCH3 is 1. The Balaban J connectivity index is 3.49. The van der Waals surface area contributed by atoms with Crippen molar-refractivity contribution in [1.29, 1.82) is 0 Å². The number of benzene rings is 1. The van der Waals surface area contributed by atoms with Gasteiger partial charge in [0.25, 0.3) is 0 Å². The minimum atomic E-state index is -1.36. The van der Waals surface area contributed by atoms with Crippen LogP contribution >= 0.6 is 0 Å². The number of hydrogen-bond donors (Lipinski definition) is 3. The van der Waals surface area contributed by atoms with E-state index in [0.29, 0.717) is 12.0 Å². The third-order valence-corrected chi connectivity index (χ3v) is 2.62. The van der Waals surface area contributed by atoms with Crippen LogP contribution in [0.1, 0.15) is 28.4 Å². The van der Waals surface area contributed by atoms with Gasteiger partial charge in [-0.2, -0.15) is 0 Å². The quantitative estimate of drug-likeness (QED) is 0.694. The number of esters is 1. The molecule has 1 aromatic carbocycles. The van der Waals surface area contributed by atoms with Crippen LogP contribution in [0.15, 0.2) is 6.07 Å². The van der Waals surface area contributed by atoms with E-state index in [0.717, 1.165) is 6.07 Å². The van der Waals surface area contributed by atoms with Gasteiger partial charge in [-0.05, 0) is 17.5 Å². The number of ether oxygens (including phenoxy) is 1. The summed E-state index contributed by atoms with van der Waals surface area (Å²) in [6.45, 7) is 1.71. The zero-order valence-corrected chi connectivity index (χ0v) is 10.1. The van der Waals surface area contributed by atoms with E-state index in [9.17, 15) is 19.8 Å². The number of carboxylic acid groups (broad SMARTS) is 1. The first-order valence-electron chi connectivity index (χ1n) is 5.29. The number of aromatic carboxylic acids is 1. The summed E-state index contributed by atoms with van der Waals surface area (Å²) in [4.78, 5) is 22.4. The van der Waals surface area contributed by atoms with Crippen molar-refractivity contribution in [2.45, 2.75) is 19.8 Å². The van der Waals surface area contributed by atoms with Crippen molar-refractivity contribution in [2.75, 3.05) is 7.11 Å². The number of rotatable bonds is 4. The second-order valence-electron chi connectivity index (χ2n) is 3.66. The van der Waals surface area contributed by atoms with Gasteiger partial charge in [-0.3, -0.25) is 4.79 Å². The lowest BCUT2D eigenvalue weighted by Gasteiger charge is -2.13. The van der Waals surface area contributed by atoms with Crippen LogP contribution in [0, 0.1) is 0 Å². The van der Waals surface area contributed by atoms with E-state index in [1.807, 2.05) is 0 Å². The van der Waals surface area contributed by atoms with Crippen LogP contribution in [-0.4, -0.2) is 34.4 Å². The molecule has 1 aromatic rings. The zero-order valence-electron chi connectivity index (χ0n) is 10.1. The van der Waals surface area contributed by atoms with Gasteiger partial charge in [0.05, 0.1) is 13.5 Å². The van der Waals surface area contributed by atoms with Crippen molar-refractivity contribution >= 4 is 11.9 Å². The fraction of sp³-hybridized carbons (Fsp3) is 0.333. The third-order valence-electron chi connectivity index (χ3n) is 2.62. The zero-order chi connectivity index (χ0) is 13.9. The molecule has 0 fully saturated rings. The van der Waals surface area contributed by atoms with Gasteiger partial charge in [-0.15, -0.1) is 0 Å².